The summed E-state index contributed by atoms with van der Waals surface area (Å²) in [7, 11) is 1.84. The van der Waals surface area contributed by atoms with E-state index in [4.69, 9.17) is 0 Å². The predicted octanol–water partition coefficient (Wildman–Crippen LogP) is 0.805. The van der Waals surface area contributed by atoms with Gasteiger partial charge in [-0.15, -0.1) is 0 Å². The molecule has 3 aliphatic heterocycles. The topological polar surface area (TPSA) is 98.8 Å². The number of imide groups is 2. The molecule has 0 saturated carbocycles. The first-order chi connectivity index (χ1) is 13.9. The van der Waals surface area contributed by atoms with E-state index in [2.05, 4.69) is 10.6 Å². The molecule has 0 radical (unpaired) electrons. The molecule has 0 aromatic heterocycles. The monoisotopic (exact) mass is 402 g/mol. The van der Waals surface area contributed by atoms with Gasteiger partial charge in [0.15, 0.2) is 0 Å². The largest absolute Gasteiger partial charge is 0.365 e. The van der Waals surface area contributed by atoms with Crippen LogP contribution in [0, 0.1) is 5.82 Å². The van der Waals surface area contributed by atoms with E-state index in [1.807, 2.05) is 11.9 Å². The first-order valence-corrected chi connectivity index (χ1v) is 9.88. The minimum atomic E-state index is -1.06. The fraction of sp³-hybridized carbons (Fsp3) is 0.500. The third kappa shape index (κ3) is 3.29. The highest BCUT2D eigenvalue weighted by molar-refractivity contribution is 6.23. The second kappa shape index (κ2) is 7.55. The molecule has 1 aromatic rings. The number of halogens is 1. The molecule has 2 atom stereocenters. The van der Waals surface area contributed by atoms with Crippen LogP contribution in [0.25, 0.3) is 0 Å². The van der Waals surface area contributed by atoms with Crippen LogP contribution in [0.15, 0.2) is 12.1 Å². The van der Waals surface area contributed by atoms with Gasteiger partial charge in [0.1, 0.15) is 11.9 Å². The van der Waals surface area contributed by atoms with Gasteiger partial charge in [0.25, 0.3) is 11.8 Å². The minimum Gasteiger partial charge on any atom is -0.365 e. The number of hydrogen-bond acceptors (Lipinski definition) is 6. The second-order valence-electron chi connectivity index (χ2n) is 7.70. The third-order valence-electron chi connectivity index (χ3n) is 5.88. The number of piperidine rings is 2. The molecule has 1 unspecified atom stereocenters. The van der Waals surface area contributed by atoms with E-state index in [1.165, 1.54) is 6.07 Å². The molecule has 2 saturated heterocycles. The van der Waals surface area contributed by atoms with Crippen molar-refractivity contribution in [3.05, 3.63) is 29.1 Å². The number of amides is 4. The molecule has 4 amide bonds. The zero-order valence-electron chi connectivity index (χ0n) is 16.2. The van der Waals surface area contributed by atoms with E-state index in [9.17, 15) is 23.6 Å². The highest BCUT2D eigenvalue weighted by atomic mass is 19.1. The highest BCUT2D eigenvalue weighted by Gasteiger charge is 2.45. The summed E-state index contributed by atoms with van der Waals surface area (Å²) in [5.74, 6) is -2.99. The molecular formula is C20H23FN4O4. The Morgan fingerprint density at radius 2 is 1.83 bits per heavy atom. The Hall–Kier alpha value is -2.81. The fourth-order valence-electron chi connectivity index (χ4n) is 4.46. The SMILES string of the molecule is CNC[C@@H]1CCCCN1c1cc2c(cc1F)C(=O)N(C1CCC(=O)NC1=O)C2=O. The van der Waals surface area contributed by atoms with Gasteiger partial charge in [0.2, 0.25) is 11.8 Å². The number of rotatable bonds is 4. The molecule has 0 bridgehead atoms. The number of carbonyl (C=O) groups excluding carboxylic acids is 4. The molecule has 2 N–H and O–H groups in total. The maximum Gasteiger partial charge on any atom is 0.262 e. The molecule has 3 aliphatic rings. The van der Waals surface area contributed by atoms with Gasteiger partial charge in [-0.3, -0.25) is 29.4 Å². The fourth-order valence-corrected chi connectivity index (χ4v) is 4.46. The number of nitrogens with zero attached hydrogens (tertiary/aromatic N) is 2. The van der Waals surface area contributed by atoms with Crippen molar-refractivity contribution < 1.29 is 23.6 Å². The number of carbonyl (C=O) groups is 4. The Balaban J connectivity index is 1.67. The average Bonchev–Trinajstić information content (AvgIpc) is 2.92. The van der Waals surface area contributed by atoms with Crippen LogP contribution in [-0.2, 0) is 9.59 Å². The number of fused-ring (bicyclic) bond motifs is 1. The van der Waals surface area contributed by atoms with Crippen LogP contribution < -0.4 is 15.5 Å². The first kappa shape index (κ1) is 19.5. The number of hydrogen-bond donors (Lipinski definition) is 2. The molecule has 0 aliphatic carbocycles. The lowest BCUT2D eigenvalue weighted by atomic mass is 9.99. The van der Waals surface area contributed by atoms with Crippen molar-refractivity contribution in [2.24, 2.45) is 0 Å². The maximum atomic E-state index is 15.0. The van der Waals surface area contributed by atoms with Crippen molar-refractivity contribution in [1.82, 2.24) is 15.5 Å². The second-order valence-corrected chi connectivity index (χ2v) is 7.70. The predicted molar refractivity (Wildman–Crippen MR) is 102 cm³/mol. The molecule has 4 rings (SSSR count). The van der Waals surface area contributed by atoms with Crippen LogP contribution in [0.5, 0.6) is 0 Å². The number of anilines is 1. The van der Waals surface area contributed by atoms with E-state index in [0.717, 1.165) is 30.2 Å². The number of likely N-dealkylation sites (N-methyl/N-ethyl adjacent to an activating group) is 1. The lowest BCUT2D eigenvalue weighted by Crippen LogP contribution is -2.54. The first-order valence-electron chi connectivity index (χ1n) is 9.88. The number of nitrogens with one attached hydrogen (secondary N) is 2. The Morgan fingerprint density at radius 3 is 2.52 bits per heavy atom. The molecule has 1 aromatic carbocycles. The normalized spacial score (nSPS) is 24.8. The van der Waals surface area contributed by atoms with Gasteiger partial charge >= 0.3 is 0 Å². The summed E-state index contributed by atoms with van der Waals surface area (Å²) in [4.78, 5) is 52.1. The summed E-state index contributed by atoms with van der Waals surface area (Å²) in [6.45, 7) is 1.35. The summed E-state index contributed by atoms with van der Waals surface area (Å²) in [6, 6.07) is 1.57. The van der Waals surface area contributed by atoms with Crippen molar-refractivity contribution in [2.75, 3.05) is 25.0 Å². The smallest absolute Gasteiger partial charge is 0.262 e. The Labute approximate surface area is 167 Å². The zero-order chi connectivity index (χ0) is 20.7. The van der Waals surface area contributed by atoms with Crippen LogP contribution in [0.4, 0.5) is 10.1 Å². The van der Waals surface area contributed by atoms with Crippen LogP contribution in [0.2, 0.25) is 0 Å². The van der Waals surface area contributed by atoms with Gasteiger partial charge in [0.05, 0.1) is 16.8 Å². The standard InChI is InChI=1S/C20H23FN4O4/c1-22-10-11-4-2-3-7-24(11)16-9-13-12(8-14(16)21)19(28)25(20(13)29)15-5-6-17(26)23-18(15)27/h8-9,11,15,22H,2-7,10H2,1H3,(H,23,26,27)/t11-,15?/m0/s1. The molecule has 9 heteroatoms. The maximum absolute atomic E-state index is 15.0. The van der Waals surface area contributed by atoms with Gasteiger partial charge in [0, 0.05) is 25.6 Å². The van der Waals surface area contributed by atoms with E-state index in [1.54, 1.807) is 0 Å². The highest BCUT2D eigenvalue weighted by Crippen LogP contribution is 2.34. The molecular weight excluding hydrogens is 379 g/mol. The van der Waals surface area contributed by atoms with Crippen molar-refractivity contribution in [3.63, 3.8) is 0 Å². The van der Waals surface area contributed by atoms with E-state index in [0.29, 0.717) is 18.8 Å². The summed E-state index contributed by atoms with van der Waals surface area (Å²) < 4.78 is 15.0. The van der Waals surface area contributed by atoms with Gasteiger partial charge < -0.3 is 10.2 Å². The lowest BCUT2D eigenvalue weighted by Gasteiger charge is -2.37. The summed E-state index contributed by atoms with van der Waals surface area (Å²) in [5, 5.41) is 5.27. The summed E-state index contributed by atoms with van der Waals surface area (Å²) >= 11 is 0. The minimum absolute atomic E-state index is 0.0388. The van der Waals surface area contributed by atoms with Crippen molar-refractivity contribution in [3.8, 4) is 0 Å². The summed E-state index contributed by atoms with van der Waals surface area (Å²) in [5.41, 5.74) is 0.364. The quantitative estimate of drug-likeness (QED) is 0.723. The average molecular weight is 402 g/mol. The van der Waals surface area contributed by atoms with Gasteiger partial charge in [-0.1, -0.05) is 0 Å². The molecule has 2 fully saturated rings. The Bertz CT molecular complexity index is 901. The zero-order valence-corrected chi connectivity index (χ0v) is 16.2. The van der Waals surface area contributed by atoms with Crippen LogP contribution in [0.1, 0.15) is 52.8 Å². The van der Waals surface area contributed by atoms with Crippen molar-refractivity contribution >= 4 is 29.3 Å². The Kier molecular flexibility index (Phi) is 5.08. The van der Waals surface area contributed by atoms with Crippen LogP contribution in [-0.4, -0.2) is 60.7 Å². The van der Waals surface area contributed by atoms with Gasteiger partial charge in [-0.25, -0.2) is 4.39 Å². The van der Waals surface area contributed by atoms with Gasteiger partial charge in [-0.05, 0) is 44.9 Å². The van der Waals surface area contributed by atoms with Gasteiger partial charge in [-0.2, -0.15) is 0 Å². The lowest BCUT2D eigenvalue weighted by molar-refractivity contribution is -0.136. The van der Waals surface area contributed by atoms with E-state index < -0.39 is 35.5 Å². The van der Waals surface area contributed by atoms with Crippen LogP contribution in [0.3, 0.4) is 0 Å². The molecule has 8 nitrogen and oxygen atoms in total. The van der Waals surface area contributed by atoms with Crippen LogP contribution >= 0.6 is 0 Å². The molecule has 29 heavy (non-hydrogen) atoms. The van der Waals surface area contributed by atoms with Crippen molar-refractivity contribution in [2.45, 2.75) is 44.2 Å². The molecule has 3 heterocycles. The van der Waals surface area contributed by atoms with Crippen molar-refractivity contribution in [1.29, 1.82) is 0 Å². The molecule has 0 spiro atoms. The van der Waals surface area contributed by atoms with E-state index in [-0.39, 0.29) is 30.0 Å². The Morgan fingerprint density at radius 1 is 1.10 bits per heavy atom. The van der Waals surface area contributed by atoms with E-state index >= 15 is 0 Å². The summed E-state index contributed by atoms with van der Waals surface area (Å²) in [6.07, 6.45) is 3.00. The third-order valence-corrected chi connectivity index (χ3v) is 5.88. The number of benzene rings is 1. The molecule has 154 valence electrons.